The number of carbonyl (C=O) groups excluding carboxylic acids is 2. The van der Waals surface area contributed by atoms with Crippen molar-refractivity contribution in [1.82, 2.24) is 9.97 Å². The van der Waals surface area contributed by atoms with Crippen molar-refractivity contribution in [2.75, 3.05) is 6.61 Å². The molecule has 1 N–H and O–H groups in total. The number of H-pyrrole nitrogens is 1. The lowest BCUT2D eigenvalue weighted by atomic mass is 10.1. The highest BCUT2D eigenvalue weighted by Crippen LogP contribution is 2.22. The molecule has 0 atom stereocenters. The Kier molecular flexibility index (Phi) is 4.62. The van der Waals surface area contributed by atoms with Crippen LogP contribution in [0.5, 0.6) is 0 Å². The van der Waals surface area contributed by atoms with Crippen LogP contribution in [-0.4, -0.2) is 28.3 Å². The molecule has 2 heterocycles. The zero-order valence-electron chi connectivity index (χ0n) is 13.0. The zero-order valence-corrected chi connectivity index (χ0v) is 13.8. The second-order valence-electron chi connectivity index (χ2n) is 5.26. The van der Waals surface area contributed by atoms with Gasteiger partial charge in [-0.2, -0.15) is 0 Å². The van der Waals surface area contributed by atoms with Crippen LogP contribution in [0.25, 0.3) is 10.9 Å². The van der Waals surface area contributed by atoms with E-state index in [2.05, 4.69) is 16.9 Å². The summed E-state index contributed by atoms with van der Waals surface area (Å²) in [6.07, 6.45) is 3.93. The number of halogens is 1. The number of hydrogen-bond acceptors (Lipinski definition) is 4. The van der Waals surface area contributed by atoms with Gasteiger partial charge < -0.3 is 9.72 Å². The fraction of sp³-hybridized carbons (Fsp3) is 0.167. The number of nitrogens with one attached hydrogen (secondary N) is 1. The Morgan fingerprint density at radius 3 is 2.88 bits per heavy atom. The predicted octanol–water partition coefficient (Wildman–Crippen LogP) is 3.82. The molecule has 1 aromatic carbocycles. The molecule has 2 aromatic heterocycles. The number of ether oxygens (including phenoxy) is 1. The molecular formula is C18H15ClN2O3. The molecule has 5 nitrogen and oxygen atoms in total. The lowest BCUT2D eigenvalue weighted by Crippen LogP contribution is -2.14. The van der Waals surface area contributed by atoms with Gasteiger partial charge >= 0.3 is 5.97 Å². The van der Waals surface area contributed by atoms with E-state index < -0.39 is 5.97 Å². The fourth-order valence-corrected chi connectivity index (χ4v) is 2.74. The number of fused-ring (bicyclic) bond motifs is 1. The quantitative estimate of drug-likeness (QED) is 0.434. The minimum Gasteiger partial charge on any atom is -0.454 e. The van der Waals surface area contributed by atoms with Crippen molar-refractivity contribution in [2.45, 2.75) is 13.3 Å². The number of aromatic nitrogens is 2. The van der Waals surface area contributed by atoms with Crippen LogP contribution in [0.3, 0.4) is 0 Å². The van der Waals surface area contributed by atoms with E-state index in [1.165, 1.54) is 18.3 Å². The van der Waals surface area contributed by atoms with Crippen LogP contribution >= 0.6 is 11.6 Å². The summed E-state index contributed by atoms with van der Waals surface area (Å²) in [6, 6.07) is 8.69. The molecule has 0 saturated carbocycles. The smallest absolute Gasteiger partial charge is 0.338 e. The minimum atomic E-state index is -0.610. The summed E-state index contributed by atoms with van der Waals surface area (Å²) in [5.74, 6) is -0.871. The molecule has 6 heteroatoms. The molecule has 0 aliphatic rings. The molecule has 0 spiro atoms. The lowest BCUT2D eigenvalue weighted by Gasteiger charge is -2.04. The van der Waals surface area contributed by atoms with Crippen molar-refractivity contribution in [1.29, 1.82) is 0 Å². The van der Waals surface area contributed by atoms with Gasteiger partial charge in [0.15, 0.2) is 6.61 Å². The summed E-state index contributed by atoms with van der Waals surface area (Å²) >= 11 is 5.74. The van der Waals surface area contributed by atoms with E-state index in [-0.39, 0.29) is 23.1 Å². The van der Waals surface area contributed by atoms with Gasteiger partial charge in [-0.3, -0.25) is 4.79 Å². The summed E-state index contributed by atoms with van der Waals surface area (Å²) in [6.45, 7) is 1.72. The monoisotopic (exact) mass is 342 g/mol. The molecule has 122 valence electrons. The third kappa shape index (κ3) is 3.16. The highest BCUT2D eigenvalue weighted by molar-refractivity contribution is 6.29. The molecule has 0 amide bonds. The summed E-state index contributed by atoms with van der Waals surface area (Å²) < 4.78 is 5.09. The number of esters is 1. The molecule has 3 rings (SSSR count). The fourth-order valence-electron chi connectivity index (χ4n) is 2.56. The van der Waals surface area contributed by atoms with Crippen LogP contribution in [-0.2, 0) is 11.2 Å². The Morgan fingerprint density at radius 2 is 2.12 bits per heavy atom. The predicted molar refractivity (Wildman–Crippen MR) is 91.5 cm³/mol. The van der Waals surface area contributed by atoms with Crippen LogP contribution in [0.15, 0.2) is 42.7 Å². The van der Waals surface area contributed by atoms with Crippen molar-refractivity contribution >= 4 is 34.3 Å². The Balaban J connectivity index is 1.75. The maximum atomic E-state index is 12.4. The molecule has 0 fully saturated rings. The summed E-state index contributed by atoms with van der Waals surface area (Å²) in [4.78, 5) is 31.3. The molecule has 0 aliphatic carbocycles. The third-order valence-corrected chi connectivity index (χ3v) is 3.99. The van der Waals surface area contributed by atoms with Crippen LogP contribution in [0, 0.1) is 0 Å². The number of pyridine rings is 1. The molecule has 0 bridgehead atoms. The van der Waals surface area contributed by atoms with E-state index >= 15 is 0 Å². The lowest BCUT2D eigenvalue weighted by molar-refractivity contribution is 0.0475. The average molecular weight is 343 g/mol. The number of aryl methyl sites for hydroxylation is 1. The maximum Gasteiger partial charge on any atom is 0.338 e. The van der Waals surface area contributed by atoms with Crippen molar-refractivity contribution in [3.63, 3.8) is 0 Å². The van der Waals surface area contributed by atoms with Crippen LogP contribution < -0.4 is 0 Å². The minimum absolute atomic E-state index is 0.194. The van der Waals surface area contributed by atoms with E-state index in [4.69, 9.17) is 16.3 Å². The van der Waals surface area contributed by atoms with Crippen molar-refractivity contribution in [3.8, 4) is 0 Å². The van der Waals surface area contributed by atoms with Gasteiger partial charge in [-0.25, -0.2) is 9.78 Å². The van der Waals surface area contributed by atoms with Gasteiger partial charge in [-0.05, 0) is 24.1 Å². The highest BCUT2D eigenvalue weighted by Gasteiger charge is 2.16. The van der Waals surface area contributed by atoms with E-state index in [9.17, 15) is 9.59 Å². The number of para-hydroxylation sites is 1. The molecule has 24 heavy (non-hydrogen) atoms. The van der Waals surface area contributed by atoms with Crippen molar-refractivity contribution in [2.24, 2.45) is 0 Å². The van der Waals surface area contributed by atoms with E-state index in [0.717, 1.165) is 22.9 Å². The number of ketones is 1. The van der Waals surface area contributed by atoms with Crippen LogP contribution in [0.4, 0.5) is 0 Å². The number of Topliss-reactive ketones (excluding diaryl/α,β-unsaturated/α-hetero) is 1. The second kappa shape index (κ2) is 6.84. The number of aromatic amines is 1. The first-order valence-electron chi connectivity index (χ1n) is 7.51. The first kappa shape index (κ1) is 16.2. The average Bonchev–Trinajstić information content (AvgIpc) is 3.03. The Morgan fingerprint density at radius 1 is 1.29 bits per heavy atom. The van der Waals surface area contributed by atoms with Gasteiger partial charge in [-0.1, -0.05) is 36.7 Å². The Hall–Kier alpha value is -2.66. The van der Waals surface area contributed by atoms with Gasteiger partial charge in [0.05, 0.1) is 5.56 Å². The van der Waals surface area contributed by atoms with E-state index in [0.29, 0.717) is 5.56 Å². The summed E-state index contributed by atoms with van der Waals surface area (Å²) in [5, 5.41) is 1.03. The number of nitrogens with zero attached hydrogens (tertiary/aromatic N) is 1. The number of carbonyl (C=O) groups is 2. The summed E-state index contributed by atoms with van der Waals surface area (Å²) in [5.41, 5.74) is 2.85. The first-order chi connectivity index (χ1) is 11.6. The van der Waals surface area contributed by atoms with Crippen LogP contribution in [0.1, 0.15) is 33.2 Å². The Labute approximate surface area is 143 Å². The van der Waals surface area contributed by atoms with E-state index in [1.807, 2.05) is 18.2 Å². The molecule has 0 radical (unpaired) electrons. The van der Waals surface area contributed by atoms with Gasteiger partial charge in [0.2, 0.25) is 5.78 Å². The largest absolute Gasteiger partial charge is 0.454 e. The summed E-state index contributed by atoms with van der Waals surface area (Å²) in [7, 11) is 0. The maximum absolute atomic E-state index is 12.4. The number of benzene rings is 1. The van der Waals surface area contributed by atoms with Crippen LogP contribution in [0.2, 0.25) is 5.15 Å². The highest BCUT2D eigenvalue weighted by atomic mass is 35.5. The van der Waals surface area contributed by atoms with Gasteiger partial charge in [-0.15, -0.1) is 0 Å². The molecule has 3 aromatic rings. The molecule has 0 saturated heterocycles. The Bertz CT molecular complexity index is 918. The van der Waals surface area contributed by atoms with E-state index in [1.54, 1.807) is 6.20 Å². The van der Waals surface area contributed by atoms with Gasteiger partial charge in [0.25, 0.3) is 0 Å². The third-order valence-electron chi connectivity index (χ3n) is 3.78. The molecule has 0 aliphatic heterocycles. The molecule has 0 unspecified atom stereocenters. The topological polar surface area (TPSA) is 72.1 Å². The first-order valence-corrected chi connectivity index (χ1v) is 7.88. The molecular weight excluding hydrogens is 328 g/mol. The van der Waals surface area contributed by atoms with Gasteiger partial charge in [0, 0.05) is 28.9 Å². The number of rotatable bonds is 5. The van der Waals surface area contributed by atoms with Crippen molar-refractivity contribution in [3.05, 3.63) is 64.6 Å². The zero-order chi connectivity index (χ0) is 17.1. The SMILES string of the molecule is CCc1cccc2c(C(=O)COC(=O)c3ccnc(Cl)c3)c[nH]c12. The second-order valence-corrected chi connectivity index (χ2v) is 5.65. The standard InChI is InChI=1S/C18H15ClN2O3/c1-2-11-4-3-5-13-14(9-21-17(11)13)15(22)10-24-18(23)12-6-7-20-16(19)8-12/h3-9,21H,2,10H2,1H3. The normalized spacial score (nSPS) is 10.8. The van der Waals surface area contributed by atoms with Gasteiger partial charge in [0.1, 0.15) is 5.15 Å². The number of hydrogen-bond donors (Lipinski definition) is 1. The van der Waals surface area contributed by atoms with Crippen molar-refractivity contribution < 1.29 is 14.3 Å².